The lowest BCUT2D eigenvalue weighted by molar-refractivity contribution is 0.178. The minimum absolute atomic E-state index is 0.715. The number of piperidine rings is 1. The minimum atomic E-state index is 0.715. The van der Waals surface area contributed by atoms with E-state index in [2.05, 4.69) is 74.5 Å². The van der Waals surface area contributed by atoms with Gasteiger partial charge in [0.05, 0.1) is 5.69 Å². The van der Waals surface area contributed by atoms with Gasteiger partial charge in [-0.15, -0.1) is 0 Å². The summed E-state index contributed by atoms with van der Waals surface area (Å²) < 4.78 is 2.08. The second-order valence-electron chi connectivity index (χ2n) is 8.59. The summed E-state index contributed by atoms with van der Waals surface area (Å²) in [5, 5.41) is 11.5. The van der Waals surface area contributed by atoms with E-state index in [-0.39, 0.29) is 0 Å². The number of hydrogen-bond acceptors (Lipinski definition) is 3. The summed E-state index contributed by atoms with van der Waals surface area (Å²) in [6.07, 6.45) is 3.52. The Morgan fingerprint density at radius 2 is 1.83 bits per heavy atom. The lowest BCUT2D eigenvalue weighted by Crippen LogP contribution is -2.43. The number of hydrogen-bond donors (Lipinski definition) is 2. The first-order chi connectivity index (χ1) is 14.5. The van der Waals surface area contributed by atoms with Crippen molar-refractivity contribution in [3.63, 3.8) is 0 Å². The molecular weight excluding hydrogens is 372 g/mol. The van der Waals surface area contributed by atoms with Gasteiger partial charge in [-0.25, -0.2) is 0 Å². The quantitative estimate of drug-likeness (QED) is 0.398. The van der Waals surface area contributed by atoms with Gasteiger partial charge in [0, 0.05) is 38.9 Å². The molecule has 1 saturated heterocycles. The number of guanidine groups is 1. The maximum Gasteiger partial charge on any atom is 0.190 e. The van der Waals surface area contributed by atoms with Crippen LogP contribution in [0.3, 0.4) is 0 Å². The van der Waals surface area contributed by atoms with Crippen LogP contribution >= 0.6 is 0 Å². The van der Waals surface area contributed by atoms with Crippen molar-refractivity contribution in [1.29, 1.82) is 0 Å². The van der Waals surface area contributed by atoms with Crippen molar-refractivity contribution in [2.24, 2.45) is 10.9 Å². The molecular formula is C24H38N6. The van der Waals surface area contributed by atoms with Gasteiger partial charge in [-0.3, -0.25) is 14.6 Å². The second kappa shape index (κ2) is 11.2. The van der Waals surface area contributed by atoms with Gasteiger partial charge in [-0.05, 0) is 70.7 Å². The summed E-state index contributed by atoms with van der Waals surface area (Å²) in [5.74, 6) is 1.62. The predicted molar refractivity (Wildman–Crippen MR) is 125 cm³/mol. The van der Waals surface area contributed by atoms with Crippen molar-refractivity contribution in [2.45, 2.75) is 53.1 Å². The Morgan fingerprint density at radius 1 is 1.10 bits per heavy atom. The van der Waals surface area contributed by atoms with Crippen molar-refractivity contribution in [2.75, 3.05) is 33.2 Å². The van der Waals surface area contributed by atoms with Crippen LogP contribution in [-0.4, -0.2) is 53.9 Å². The number of aromatic nitrogens is 2. The van der Waals surface area contributed by atoms with Gasteiger partial charge in [0.2, 0.25) is 0 Å². The van der Waals surface area contributed by atoms with Gasteiger partial charge < -0.3 is 10.6 Å². The highest BCUT2D eigenvalue weighted by atomic mass is 15.3. The molecule has 1 aliphatic rings. The first-order valence-electron chi connectivity index (χ1n) is 11.3. The molecule has 0 bridgehead atoms. The number of nitrogens with zero attached hydrogens (tertiary/aromatic N) is 4. The molecule has 3 rings (SSSR count). The van der Waals surface area contributed by atoms with Gasteiger partial charge in [-0.2, -0.15) is 5.10 Å². The molecule has 0 amide bonds. The van der Waals surface area contributed by atoms with Crippen molar-refractivity contribution in [1.82, 2.24) is 25.3 Å². The van der Waals surface area contributed by atoms with Gasteiger partial charge in [0.15, 0.2) is 5.96 Å². The smallest absolute Gasteiger partial charge is 0.190 e. The summed E-state index contributed by atoms with van der Waals surface area (Å²) >= 11 is 0. The number of aliphatic imine (C=N–C) groups is 1. The molecule has 0 unspecified atom stereocenters. The highest BCUT2D eigenvalue weighted by molar-refractivity contribution is 5.79. The average molecular weight is 411 g/mol. The third-order valence-electron chi connectivity index (χ3n) is 5.96. The van der Waals surface area contributed by atoms with E-state index in [9.17, 15) is 0 Å². The summed E-state index contributed by atoms with van der Waals surface area (Å²) in [6, 6.07) is 11.1. The van der Waals surface area contributed by atoms with Crippen LogP contribution in [0.1, 0.15) is 41.8 Å². The molecule has 164 valence electrons. The Bertz CT molecular complexity index is 800. The monoisotopic (exact) mass is 410 g/mol. The number of aryl methyl sites for hydroxylation is 4. The van der Waals surface area contributed by atoms with Crippen LogP contribution in [0.15, 0.2) is 35.3 Å². The highest BCUT2D eigenvalue weighted by Crippen LogP contribution is 2.18. The molecule has 0 radical (unpaired) electrons. The maximum absolute atomic E-state index is 4.52. The molecule has 1 aliphatic heterocycles. The van der Waals surface area contributed by atoms with E-state index in [1.165, 1.54) is 42.8 Å². The Morgan fingerprint density at radius 3 is 2.47 bits per heavy atom. The van der Waals surface area contributed by atoms with Crippen LogP contribution in [-0.2, 0) is 13.1 Å². The minimum Gasteiger partial charge on any atom is -0.356 e. The number of nitrogens with one attached hydrogen (secondary N) is 2. The lowest BCUT2D eigenvalue weighted by Gasteiger charge is -2.32. The average Bonchev–Trinajstić information content (AvgIpc) is 3.07. The SMILES string of the molecule is CN=C(NCCCn1nc(C)cc1C)NCC1CCN(Cc2ccc(C)cc2)CC1. The summed E-state index contributed by atoms with van der Waals surface area (Å²) in [6.45, 7) is 12.5. The van der Waals surface area contributed by atoms with Crippen LogP contribution in [0.25, 0.3) is 0 Å². The normalized spacial score (nSPS) is 16.1. The van der Waals surface area contributed by atoms with Crippen molar-refractivity contribution < 1.29 is 0 Å². The van der Waals surface area contributed by atoms with Gasteiger partial charge in [0.25, 0.3) is 0 Å². The van der Waals surface area contributed by atoms with Gasteiger partial charge >= 0.3 is 0 Å². The van der Waals surface area contributed by atoms with Crippen LogP contribution in [0.5, 0.6) is 0 Å². The molecule has 6 heteroatoms. The van der Waals surface area contributed by atoms with Crippen molar-refractivity contribution in [3.8, 4) is 0 Å². The van der Waals surface area contributed by atoms with E-state index in [1.807, 2.05) is 14.0 Å². The fourth-order valence-electron chi connectivity index (χ4n) is 4.10. The molecule has 1 fully saturated rings. The molecule has 2 heterocycles. The topological polar surface area (TPSA) is 57.5 Å². The highest BCUT2D eigenvalue weighted by Gasteiger charge is 2.19. The first-order valence-corrected chi connectivity index (χ1v) is 11.3. The molecule has 0 spiro atoms. The second-order valence-corrected chi connectivity index (χ2v) is 8.59. The van der Waals surface area contributed by atoms with Crippen LogP contribution < -0.4 is 10.6 Å². The van der Waals surface area contributed by atoms with Crippen molar-refractivity contribution in [3.05, 3.63) is 52.8 Å². The molecule has 0 saturated carbocycles. The van der Waals surface area contributed by atoms with Crippen LogP contribution in [0.4, 0.5) is 0 Å². The Hall–Kier alpha value is -2.34. The van der Waals surface area contributed by atoms with E-state index in [0.717, 1.165) is 44.3 Å². The summed E-state index contributed by atoms with van der Waals surface area (Å²) in [5.41, 5.74) is 5.06. The zero-order chi connectivity index (χ0) is 21.3. The fraction of sp³-hybridized carbons (Fsp3) is 0.583. The van der Waals surface area contributed by atoms with E-state index < -0.39 is 0 Å². The predicted octanol–water partition coefficient (Wildman–Crippen LogP) is 3.28. The molecule has 30 heavy (non-hydrogen) atoms. The summed E-state index contributed by atoms with van der Waals surface area (Å²) in [4.78, 5) is 6.95. The Kier molecular flexibility index (Phi) is 8.31. The van der Waals surface area contributed by atoms with Crippen LogP contribution in [0, 0.1) is 26.7 Å². The molecule has 1 aromatic heterocycles. The summed E-state index contributed by atoms with van der Waals surface area (Å²) in [7, 11) is 1.85. The largest absolute Gasteiger partial charge is 0.356 e. The first kappa shape index (κ1) is 22.3. The number of likely N-dealkylation sites (tertiary alicyclic amines) is 1. The maximum atomic E-state index is 4.52. The molecule has 0 aliphatic carbocycles. The van der Waals surface area contributed by atoms with E-state index in [0.29, 0.717) is 5.92 Å². The zero-order valence-electron chi connectivity index (χ0n) is 19.1. The molecule has 0 atom stereocenters. The standard InChI is InChI=1S/C24H38N6/c1-19-6-8-23(9-7-19)18-29-14-10-22(11-15-29)17-27-24(25-4)26-12-5-13-30-21(3)16-20(2)28-30/h6-9,16,22H,5,10-15,17-18H2,1-4H3,(H2,25,26,27). The zero-order valence-corrected chi connectivity index (χ0v) is 19.1. The fourth-order valence-corrected chi connectivity index (χ4v) is 4.10. The lowest BCUT2D eigenvalue weighted by atomic mass is 9.96. The molecule has 2 N–H and O–H groups in total. The van der Waals surface area contributed by atoms with E-state index in [4.69, 9.17) is 0 Å². The van der Waals surface area contributed by atoms with Gasteiger partial charge in [0.1, 0.15) is 0 Å². The third kappa shape index (κ3) is 6.87. The number of benzene rings is 1. The Labute approximate surface area is 181 Å². The molecule has 6 nitrogen and oxygen atoms in total. The number of rotatable bonds is 8. The third-order valence-corrected chi connectivity index (χ3v) is 5.96. The molecule has 1 aromatic carbocycles. The van der Waals surface area contributed by atoms with Crippen LogP contribution in [0.2, 0.25) is 0 Å². The van der Waals surface area contributed by atoms with E-state index >= 15 is 0 Å². The Balaban J connectivity index is 1.30. The van der Waals surface area contributed by atoms with Crippen molar-refractivity contribution >= 4 is 5.96 Å². The van der Waals surface area contributed by atoms with Gasteiger partial charge in [-0.1, -0.05) is 29.8 Å². The van der Waals surface area contributed by atoms with E-state index in [1.54, 1.807) is 0 Å². The molecule has 2 aromatic rings.